The van der Waals surface area contributed by atoms with Crippen LogP contribution < -0.4 is 5.32 Å². The van der Waals surface area contributed by atoms with Gasteiger partial charge in [-0.3, -0.25) is 4.79 Å². The first kappa shape index (κ1) is 14.3. The van der Waals surface area contributed by atoms with Crippen LogP contribution in [0.25, 0.3) is 0 Å². The predicted molar refractivity (Wildman–Crippen MR) is 85.8 cm³/mol. The van der Waals surface area contributed by atoms with Gasteiger partial charge in [0.25, 0.3) is 5.91 Å². The maximum absolute atomic E-state index is 12.2. The van der Waals surface area contributed by atoms with Crippen molar-refractivity contribution in [3.8, 4) is 0 Å². The van der Waals surface area contributed by atoms with Gasteiger partial charge in [-0.05, 0) is 25.3 Å². The number of aryl methyl sites for hydroxylation is 1. The van der Waals surface area contributed by atoms with Crippen molar-refractivity contribution in [1.29, 1.82) is 0 Å². The first-order chi connectivity index (χ1) is 10.2. The van der Waals surface area contributed by atoms with E-state index in [1.54, 1.807) is 0 Å². The number of hydrogen-bond donors (Lipinski definition) is 1. The zero-order chi connectivity index (χ0) is 14.7. The Labute approximate surface area is 129 Å². The van der Waals surface area contributed by atoms with Crippen LogP contribution in [-0.4, -0.2) is 17.4 Å². The summed E-state index contributed by atoms with van der Waals surface area (Å²) in [4.78, 5) is 16.5. The summed E-state index contributed by atoms with van der Waals surface area (Å²) in [5.74, 6) is -0.0541. The lowest BCUT2D eigenvalue weighted by Crippen LogP contribution is -2.39. The van der Waals surface area contributed by atoms with E-state index in [-0.39, 0.29) is 11.3 Å². The highest BCUT2D eigenvalue weighted by Gasteiger charge is 2.35. The average Bonchev–Trinajstić information content (AvgIpc) is 3.16. The molecule has 3 rings (SSSR count). The molecule has 0 radical (unpaired) electrons. The van der Waals surface area contributed by atoms with Crippen molar-refractivity contribution >= 4 is 17.2 Å². The fourth-order valence-electron chi connectivity index (χ4n) is 3.22. The monoisotopic (exact) mass is 300 g/mol. The van der Waals surface area contributed by atoms with Crippen molar-refractivity contribution in [3.05, 3.63) is 52.0 Å². The molecule has 1 heterocycles. The quantitative estimate of drug-likeness (QED) is 0.935. The molecule has 0 spiro atoms. The molecule has 21 heavy (non-hydrogen) atoms. The van der Waals surface area contributed by atoms with E-state index >= 15 is 0 Å². The minimum absolute atomic E-state index is 0.0541. The second kappa shape index (κ2) is 5.98. The third-order valence-corrected chi connectivity index (χ3v) is 5.16. The zero-order valence-corrected chi connectivity index (χ0v) is 13.1. The maximum Gasteiger partial charge on any atom is 0.270 e. The molecule has 0 aliphatic heterocycles. The summed E-state index contributed by atoms with van der Waals surface area (Å²) in [5, 5.41) is 5.86. The second-order valence-corrected chi connectivity index (χ2v) is 6.85. The third-order valence-electron chi connectivity index (χ3n) is 4.39. The topological polar surface area (TPSA) is 42.0 Å². The Morgan fingerprint density at radius 1 is 1.29 bits per heavy atom. The number of carbonyl (C=O) groups is 1. The van der Waals surface area contributed by atoms with Crippen molar-refractivity contribution in [3.63, 3.8) is 0 Å². The van der Waals surface area contributed by atoms with Gasteiger partial charge in [0, 0.05) is 17.3 Å². The van der Waals surface area contributed by atoms with Crippen molar-refractivity contribution in [1.82, 2.24) is 10.3 Å². The summed E-state index contributed by atoms with van der Waals surface area (Å²) in [6, 6.07) is 10.6. The summed E-state index contributed by atoms with van der Waals surface area (Å²) in [7, 11) is 0. The molecule has 2 aromatic rings. The molecule has 0 atom stereocenters. The maximum atomic E-state index is 12.2. The zero-order valence-electron chi connectivity index (χ0n) is 12.3. The predicted octanol–water partition coefficient (Wildman–Crippen LogP) is 3.69. The number of nitrogens with one attached hydrogen (secondary N) is 1. The number of hydrogen-bond acceptors (Lipinski definition) is 3. The van der Waals surface area contributed by atoms with Crippen molar-refractivity contribution < 1.29 is 4.79 Å². The molecule has 1 saturated carbocycles. The number of rotatable bonds is 4. The SMILES string of the molecule is Cc1nc(C(=O)NCC2(c3ccccc3)CCCC2)cs1. The summed E-state index contributed by atoms with van der Waals surface area (Å²) in [6.07, 6.45) is 4.77. The number of carbonyl (C=O) groups excluding carboxylic acids is 1. The molecule has 0 unspecified atom stereocenters. The summed E-state index contributed by atoms with van der Waals surface area (Å²) < 4.78 is 0. The molecule has 1 aliphatic rings. The molecule has 1 N–H and O–H groups in total. The molecule has 4 heteroatoms. The van der Waals surface area contributed by atoms with Crippen LogP contribution in [-0.2, 0) is 5.41 Å². The summed E-state index contributed by atoms with van der Waals surface area (Å²) in [6.45, 7) is 2.62. The number of nitrogens with zero attached hydrogens (tertiary/aromatic N) is 1. The fraction of sp³-hybridized carbons (Fsp3) is 0.412. The molecular formula is C17H20N2OS. The highest BCUT2D eigenvalue weighted by atomic mass is 32.1. The van der Waals surface area contributed by atoms with E-state index < -0.39 is 0 Å². The van der Waals surface area contributed by atoms with Crippen molar-refractivity contribution in [2.24, 2.45) is 0 Å². The third kappa shape index (κ3) is 3.00. The largest absolute Gasteiger partial charge is 0.350 e. The van der Waals surface area contributed by atoms with Gasteiger partial charge in [-0.15, -0.1) is 11.3 Å². The second-order valence-electron chi connectivity index (χ2n) is 5.79. The highest BCUT2D eigenvalue weighted by Crippen LogP contribution is 2.40. The first-order valence-corrected chi connectivity index (χ1v) is 8.33. The van der Waals surface area contributed by atoms with Crippen molar-refractivity contribution in [2.45, 2.75) is 38.0 Å². The lowest BCUT2D eigenvalue weighted by molar-refractivity contribution is 0.0938. The molecule has 1 aromatic carbocycles. The molecular weight excluding hydrogens is 280 g/mol. The Bertz CT molecular complexity index is 615. The molecule has 1 aromatic heterocycles. The van der Waals surface area contributed by atoms with E-state index in [1.165, 1.54) is 29.7 Å². The van der Waals surface area contributed by atoms with Gasteiger partial charge in [-0.1, -0.05) is 43.2 Å². The lowest BCUT2D eigenvalue weighted by atomic mass is 9.79. The van der Waals surface area contributed by atoms with E-state index in [9.17, 15) is 4.79 Å². The van der Waals surface area contributed by atoms with Crippen LogP contribution in [0.2, 0.25) is 0 Å². The van der Waals surface area contributed by atoms with Gasteiger partial charge in [0.1, 0.15) is 5.69 Å². The van der Waals surface area contributed by atoms with Crippen LogP contribution in [0.15, 0.2) is 35.7 Å². The van der Waals surface area contributed by atoms with Crippen molar-refractivity contribution in [2.75, 3.05) is 6.54 Å². The summed E-state index contributed by atoms with van der Waals surface area (Å²) >= 11 is 1.51. The van der Waals surface area contributed by atoms with Gasteiger partial charge in [0.15, 0.2) is 0 Å². The standard InChI is InChI=1S/C17H20N2OS/c1-13-19-15(11-21-13)16(20)18-12-17(9-5-6-10-17)14-7-3-2-4-8-14/h2-4,7-8,11H,5-6,9-10,12H2,1H3,(H,18,20). The summed E-state index contributed by atoms with van der Waals surface area (Å²) in [5.41, 5.74) is 1.98. The fourth-order valence-corrected chi connectivity index (χ4v) is 3.81. The van der Waals surface area contributed by atoms with E-state index in [4.69, 9.17) is 0 Å². The number of benzene rings is 1. The highest BCUT2D eigenvalue weighted by molar-refractivity contribution is 7.09. The van der Waals surface area contributed by atoms with Crippen LogP contribution in [0.5, 0.6) is 0 Å². The van der Waals surface area contributed by atoms with Gasteiger partial charge in [0.2, 0.25) is 0 Å². The van der Waals surface area contributed by atoms with Gasteiger partial charge in [-0.2, -0.15) is 0 Å². The van der Waals surface area contributed by atoms with Crippen LogP contribution in [0.3, 0.4) is 0 Å². The van der Waals surface area contributed by atoms with E-state index in [1.807, 2.05) is 18.4 Å². The van der Waals surface area contributed by atoms with Gasteiger partial charge in [-0.25, -0.2) is 4.98 Å². The Hall–Kier alpha value is -1.68. The number of thiazole rings is 1. The van der Waals surface area contributed by atoms with Crippen LogP contribution in [0, 0.1) is 6.92 Å². The Morgan fingerprint density at radius 2 is 2.00 bits per heavy atom. The molecule has 0 saturated heterocycles. The van der Waals surface area contributed by atoms with Crippen LogP contribution in [0.1, 0.15) is 46.7 Å². The number of amides is 1. The van der Waals surface area contributed by atoms with Gasteiger partial charge >= 0.3 is 0 Å². The molecule has 1 amide bonds. The molecule has 110 valence electrons. The normalized spacial score (nSPS) is 16.8. The van der Waals surface area contributed by atoms with Crippen LogP contribution in [0.4, 0.5) is 0 Å². The van der Waals surface area contributed by atoms with Gasteiger partial charge < -0.3 is 5.32 Å². The van der Waals surface area contributed by atoms with Crippen LogP contribution >= 0.6 is 11.3 Å². The lowest BCUT2D eigenvalue weighted by Gasteiger charge is -2.29. The Kier molecular flexibility index (Phi) is 4.06. The molecule has 1 fully saturated rings. The molecule has 3 nitrogen and oxygen atoms in total. The van der Waals surface area contributed by atoms with E-state index in [2.05, 4.69) is 34.6 Å². The Morgan fingerprint density at radius 3 is 2.62 bits per heavy atom. The van der Waals surface area contributed by atoms with E-state index in [0.717, 1.165) is 17.8 Å². The average molecular weight is 300 g/mol. The minimum atomic E-state index is -0.0541. The molecule has 0 bridgehead atoms. The minimum Gasteiger partial charge on any atom is -0.350 e. The Balaban J connectivity index is 1.73. The molecule has 1 aliphatic carbocycles. The smallest absolute Gasteiger partial charge is 0.270 e. The number of aromatic nitrogens is 1. The van der Waals surface area contributed by atoms with E-state index in [0.29, 0.717) is 12.2 Å². The first-order valence-electron chi connectivity index (χ1n) is 7.45. The van der Waals surface area contributed by atoms with Gasteiger partial charge in [0.05, 0.1) is 5.01 Å².